The second-order valence-electron chi connectivity index (χ2n) is 6.74. The Bertz CT molecular complexity index is 853. The van der Waals surface area contributed by atoms with Crippen LogP contribution < -0.4 is 4.72 Å². The van der Waals surface area contributed by atoms with Crippen LogP contribution in [-0.2, 0) is 10.0 Å². The molecule has 0 aliphatic carbocycles. The van der Waals surface area contributed by atoms with Gasteiger partial charge in [0.1, 0.15) is 13.5 Å². The molecule has 0 radical (unpaired) electrons. The van der Waals surface area contributed by atoms with Crippen LogP contribution in [-0.4, -0.2) is 21.9 Å². The van der Waals surface area contributed by atoms with Gasteiger partial charge in [-0.15, -0.1) is 17.1 Å². The zero-order valence-electron chi connectivity index (χ0n) is 14.5. The largest absolute Gasteiger partial charge is 0.241 e. The number of benzene rings is 2. The first-order valence-corrected chi connectivity index (χ1v) is 13.4. The number of halogens is 1. The van der Waals surface area contributed by atoms with E-state index in [-0.39, 0.29) is 4.90 Å². The fourth-order valence-corrected chi connectivity index (χ4v) is 4.44. The van der Waals surface area contributed by atoms with E-state index in [1.165, 1.54) is 0 Å². The minimum atomic E-state index is -3.70. The molecule has 0 heterocycles. The number of hydrogen-bond donors (Lipinski definition) is 1. The molecule has 2 atom stereocenters. The van der Waals surface area contributed by atoms with Crippen LogP contribution in [0, 0.1) is 11.5 Å². The van der Waals surface area contributed by atoms with Crippen molar-refractivity contribution >= 4 is 29.7 Å². The Balaban J connectivity index is 2.37. The Morgan fingerprint density at radius 3 is 2.00 bits per heavy atom. The van der Waals surface area contributed by atoms with Gasteiger partial charge in [-0.25, -0.2) is 13.1 Å². The highest BCUT2D eigenvalue weighted by molar-refractivity contribution is 7.89. The highest BCUT2D eigenvalue weighted by Gasteiger charge is 2.26. The van der Waals surface area contributed by atoms with Crippen molar-refractivity contribution < 1.29 is 8.42 Å². The van der Waals surface area contributed by atoms with E-state index < -0.39 is 29.5 Å². The summed E-state index contributed by atoms with van der Waals surface area (Å²) in [5.41, 5.74) is 4.00. The number of sulfonamides is 1. The fourth-order valence-electron chi connectivity index (χ4n) is 2.16. The molecule has 2 aromatic rings. The lowest BCUT2D eigenvalue weighted by atomic mass is 10.1. The average Bonchev–Trinajstić information content (AvgIpc) is 2.58. The molecule has 6 heteroatoms. The smallest absolute Gasteiger partial charge is 0.207 e. The van der Waals surface area contributed by atoms with E-state index in [1.54, 1.807) is 30.3 Å². The predicted molar refractivity (Wildman–Crippen MR) is 107 cm³/mol. The van der Waals surface area contributed by atoms with Crippen LogP contribution >= 0.6 is 11.6 Å². The summed E-state index contributed by atoms with van der Waals surface area (Å²) in [5, 5.41) is -0.660. The van der Waals surface area contributed by atoms with Crippen molar-refractivity contribution in [2.75, 3.05) is 0 Å². The quantitative estimate of drug-likeness (QED) is 0.471. The molecule has 1 N–H and O–H groups in total. The summed E-state index contributed by atoms with van der Waals surface area (Å²) in [7, 11) is -5.31. The molecule has 0 aromatic heterocycles. The van der Waals surface area contributed by atoms with E-state index in [0.29, 0.717) is 0 Å². The van der Waals surface area contributed by atoms with Crippen LogP contribution in [0.25, 0.3) is 0 Å². The first-order chi connectivity index (χ1) is 11.7. The van der Waals surface area contributed by atoms with E-state index in [0.717, 1.165) is 5.56 Å². The first-order valence-electron chi connectivity index (χ1n) is 7.98. The third-order valence-corrected chi connectivity index (χ3v) is 6.08. The van der Waals surface area contributed by atoms with Gasteiger partial charge in [-0.1, -0.05) is 74.1 Å². The summed E-state index contributed by atoms with van der Waals surface area (Å²) in [6.45, 7) is 6.36. The van der Waals surface area contributed by atoms with Gasteiger partial charge in [-0.2, -0.15) is 0 Å². The summed E-state index contributed by atoms with van der Waals surface area (Å²) in [4.78, 5) is 0.206. The van der Waals surface area contributed by atoms with E-state index in [9.17, 15) is 8.42 Å². The van der Waals surface area contributed by atoms with Gasteiger partial charge in [-0.3, -0.25) is 0 Å². The molecule has 0 aliphatic rings. The highest BCUT2D eigenvalue weighted by Crippen LogP contribution is 2.24. The Kier molecular flexibility index (Phi) is 6.47. The molecule has 0 spiro atoms. The van der Waals surface area contributed by atoms with Crippen molar-refractivity contribution in [2.45, 2.75) is 36.0 Å². The van der Waals surface area contributed by atoms with Crippen molar-refractivity contribution in [3.05, 3.63) is 66.2 Å². The summed E-state index contributed by atoms with van der Waals surface area (Å²) >= 11 is 6.50. The van der Waals surface area contributed by atoms with E-state index in [4.69, 9.17) is 11.6 Å². The number of nitrogens with one attached hydrogen (secondary N) is 1. The lowest BCUT2D eigenvalue weighted by molar-refractivity contribution is 0.560. The third-order valence-electron chi connectivity index (χ3n) is 3.37. The molecule has 0 amide bonds. The maximum atomic E-state index is 12.7. The molecule has 0 bridgehead atoms. The van der Waals surface area contributed by atoms with E-state index in [1.807, 2.05) is 30.3 Å². The van der Waals surface area contributed by atoms with Gasteiger partial charge in [0.2, 0.25) is 10.0 Å². The van der Waals surface area contributed by atoms with E-state index >= 15 is 0 Å². The zero-order valence-corrected chi connectivity index (χ0v) is 17.1. The Morgan fingerprint density at radius 1 is 0.960 bits per heavy atom. The average molecular weight is 392 g/mol. The highest BCUT2D eigenvalue weighted by atomic mass is 35.5. The molecule has 25 heavy (non-hydrogen) atoms. The van der Waals surface area contributed by atoms with Crippen LogP contribution in [0.15, 0.2) is 65.6 Å². The molecule has 3 nitrogen and oxygen atoms in total. The van der Waals surface area contributed by atoms with Crippen LogP contribution in [0.3, 0.4) is 0 Å². The number of alkyl halides is 1. The molecule has 2 rings (SSSR count). The summed E-state index contributed by atoms with van der Waals surface area (Å²) in [6.07, 6.45) is 0. The Hall–Kier alpha value is -1.58. The number of hydrogen-bond acceptors (Lipinski definition) is 2. The Labute approximate surface area is 156 Å². The molecule has 0 saturated carbocycles. The topological polar surface area (TPSA) is 46.2 Å². The summed E-state index contributed by atoms with van der Waals surface area (Å²) in [6, 6.07) is 16.9. The van der Waals surface area contributed by atoms with Crippen molar-refractivity contribution in [1.82, 2.24) is 4.72 Å². The second kappa shape index (κ2) is 8.20. The van der Waals surface area contributed by atoms with Crippen LogP contribution in [0.1, 0.15) is 11.6 Å². The van der Waals surface area contributed by atoms with Crippen molar-refractivity contribution in [1.29, 1.82) is 0 Å². The third kappa shape index (κ3) is 6.01. The van der Waals surface area contributed by atoms with Crippen molar-refractivity contribution in [2.24, 2.45) is 0 Å². The lowest BCUT2D eigenvalue weighted by Gasteiger charge is -2.21. The van der Waals surface area contributed by atoms with Crippen LogP contribution in [0.2, 0.25) is 19.6 Å². The summed E-state index contributed by atoms with van der Waals surface area (Å²) < 4.78 is 28.1. The Morgan fingerprint density at radius 2 is 1.48 bits per heavy atom. The molecule has 2 aromatic carbocycles. The van der Waals surface area contributed by atoms with Crippen LogP contribution in [0.4, 0.5) is 0 Å². The van der Waals surface area contributed by atoms with Crippen LogP contribution in [0.5, 0.6) is 0 Å². The van der Waals surface area contributed by atoms with Gasteiger partial charge in [0, 0.05) is 0 Å². The van der Waals surface area contributed by atoms with Gasteiger partial charge in [0.05, 0.1) is 10.9 Å². The minimum Gasteiger partial charge on any atom is -0.207 e. The molecular formula is C19H22ClNO2SSi. The number of rotatable bonds is 5. The van der Waals surface area contributed by atoms with Gasteiger partial charge in [-0.05, 0) is 17.7 Å². The first kappa shape index (κ1) is 19.7. The molecule has 0 unspecified atom stereocenters. The molecule has 0 fully saturated rings. The van der Waals surface area contributed by atoms with Gasteiger partial charge >= 0.3 is 0 Å². The van der Waals surface area contributed by atoms with Crippen molar-refractivity contribution in [3.8, 4) is 11.5 Å². The minimum absolute atomic E-state index is 0.206. The maximum absolute atomic E-state index is 12.7. The van der Waals surface area contributed by atoms with Gasteiger partial charge < -0.3 is 0 Å². The molecule has 132 valence electrons. The van der Waals surface area contributed by atoms with Gasteiger partial charge in [0.25, 0.3) is 0 Å². The standard InChI is InChI=1S/C19H22ClNO2SSi/c1-25(2,3)15-14-18(20)19(16-10-6-4-7-11-16)21-24(22,23)17-12-8-5-9-13-17/h4-13,18-19,21H,1-3H3/t18-,19-/m1/s1. The monoisotopic (exact) mass is 391 g/mol. The molecular weight excluding hydrogens is 370 g/mol. The van der Waals surface area contributed by atoms with E-state index in [2.05, 4.69) is 35.8 Å². The maximum Gasteiger partial charge on any atom is 0.241 e. The lowest BCUT2D eigenvalue weighted by Crippen LogP contribution is -2.34. The normalized spacial score (nSPS) is 14.2. The second-order valence-corrected chi connectivity index (χ2v) is 13.7. The fraction of sp³-hybridized carbons (Fsp3) is 0.263. The van der Waals surface area contributed by atoms with Gasteiger partial charge in [0.15, 0.2) is 0 Å². The SMILES string of the molecule is C[Si](C)(C)C#C[C@@H](Cl)[C@H](NS(=O)(=O)c1ccccc1)c1ccccc1. The predicted octanol–water partition coefficient (Wildman–Crippen LogP) is 4.19. The summed E-state index contributed by atoms with van der Waals surface area (Å²) in [5.74, 6) is 3.05. The molecule has 0 saturated heterocycles. The van der Waals surface area contributed by atoms with Crippen molar-refractivity contribution in [3.63, 3.8) is 0 Å². The molecule has 0 aliphatic heterocycles. The zero-order chi connectivity index (χ0) is 18.5.